The first-order chi connectivity index (χ1) is 11.0. The van der Waals surface area contributed by atoms with Gasteiger partial charge in [-0.1, -0.05) is 25.1 Å². The Morgan fingerprint density at radius 1 is 1.35 bits per heavy atom. The van der Waals surface area contributed by atoms with Crippen LogP contribution in [0.1, 0.15) is 13.3 Å². The molecule has 0 N–H and O–H groups in total. The molecule has 2 saturated heterocycles. The van der Waals surface area contributed by atoms with Crippen LogP contribution in [0.15, 0.2) is 36.4 Å². The highest BCUT2D eigenvalue weighted by molar-refractivity contribution is 6.23. The summed E-state index contributed by atoms with van der Waals surface area (Å²) in [5.74, 6) is -1.76. The van der Waals surface area contributed by atoms with Crippen molar-refractivity contribution in [1.29, 1.82) is 0 Å². The lowest BCUT2D eigenvalue weighted by Crippen LogP contribution is -2.40. The number of benzene rings is 1. The second-order valence-corrected chi connectivity index (χ2v) is 6.04. The lowest BCUT2D eigenvalue weighted by molar-refractivity contribution is -0.384. The van der Waals surface area contributed by atoms with Crippen molar-refractivity contribution in [1.82, 2.24) is 0 Å². The molecule has 2 bridgehead atoms. The van der Waals surface area contributed by atoms with E-state index in [-0.39, 0.29) is 29.3 Å². The third kappa shape index (κ3) is 1.68. The van der Waals surface area contributed by atoms with Crippen LogP contribution < -0.4 is 4.90 Å². The Morgan fingerprint density at radius 2 is 2.13 bits per heavy atom. The Morgan fingerprint density at radius 3 is 2.83 bits per heavy atom. The van der Waals surface area contributed by atoms with Gasteiger partial charge >= 0.3 is 0 Å². The van der Waals surface area contributed by atoms with Gasteiger partial charge in [0.1, 0.15) is 0 Å². The second-order valence-electron chi connectivity index (χ2n) is 6.04. The number of amides is 2. The van der Waals surface area contributed by atoms with E-state index < -0.39 is 22.4 Å². The quantitative estimate of drug-likeness (QED) is 0.367. The summed E-state index contributed by atoms with van der Waals surface area (Å²) >= 11 is 0. The monoisotopic (exact) mass is 314 g/mol. The fourth-order valence-corrected chi connectivity index (χ4v) is 3.92. The largest absolute Gasteiger partial charge is 0.362 e. The molecule has 0 unspecified atom stereocenters. The maximum absolute atomic E-state index is 12.9. The number of hydrogen-bond acceptors (Lipinski definition) is 5. The van der Waals surface area contributed by atoms with Gasteiger partial charge in [-0.25, -0.2) is 4.90 Å². The number of imide groups is 1. The van der Waals surface area contributed by atoms with E-state index in [1.165, 1.54) is 18.2 Å². The molecule has 118 valence electrons. The van der Waals surface area contributed by atoms with E-state index in [2.05, 4.69) is 0 Å². The van der Waals surface area contributed by atoms with Crippen molar-refractivity contribution in [2.24, 2.45) is 11.8 Å². The number of fused-ring (bicyclic) bond motifs is 5. The molecule has 0 radical (unpaired) electrons. The number of nitro benzene ring substituents is 1. The van der Waals surface area contributed by atoms with Crippen LogP contribution in [0.4, 0.5) is 11.4 Å². The van der Waals surface area contributed by atoms with Crippen molar-refractivity contribution in [3.63, 3.8) is 0 Å². The van der Waals surface area contributed by atoms with E-state index >= 15 is 0 Å². The number of rotatable bonds is 3. The minimum atomic E-state index is -0.725. The molecular formula is C16H14N2O5. The molecule has 0 aliphatic carbocycles. The van der Waals surface area contributed by atoms with Gasteiger partial charge in [-0.15, -0.1) is 0 Å². The molecule has 0 aromatic heterocycles. The SMILES string of the molecule is CC[C@@]12C=C[C@@H](O1)[C@@H]1C(=O)N(c3cccc([N+](=O)[O-])c3)C(=O)[C@H]12. The van der Waals surface area contributed by atoms with Crippen LogP contribution in [-0.4, -0.2) is 28.4 Å². The molecule has 23 heavy (non-hydrogen) atoms. The first-order valence-electron chi connectivity index (χ1n) is 7.48. The molecule has 4 atom stereocenters. The highest BCUT2D eigenvalue weighted by Gasteiger charge is 2.67. The summed E-state index contributed by atoms with van der Waals surface area (Å²) in [6.45, 7) is 1.92. The number of hydrogen-bond donors (Lipinski definition) is 0. The van der Waals surface area contributed by atoms with Crippen molar-refractivity contribution in [2.45, 2.75) is 25.0 Å². The normalized spacial score (nSPS) is 34.3. The summed E-state index contributed by atoms with van der Waals surface area (Å²) in [4.78, 5) is 37.1. The van der Waals surface area contributed by atoms with Crippen LogP contribution in [0.5, 0.6) is 0 Å². The molecule has 2 amide bonds. The standard InChI is InChI=1S/C16H14N2O5/c1-2-16-7-6-11(23-16)12-13(16)15(20)17(14(12)19)9-4-3-5-10(8-9)18(21)22/h3-8,11-13H,2H2,1H3/t11-,12+,13+,16+/m1/s1. The van der Waals surface area contributed by atoms with Crippen LogP contribution in [0.25, 0.3) is 0 Å². The zero-order valence-electron chi connectivity index (χ0n) is 12.3. The molecule has 3 aliphatic heterocycles. The molecule has 0 spiro atoms. The van der Waals surface area contributed by atoms with E-state index in [9.17, 15) is 19.7 Å². The number of nitrogens with zero attached hydrogens (tertiary/aromatic N) is 2. The van der Waals surface area contributed by atoms with Gasteiger partial charge < -0.3 is 4.74 Å². The maximum Gasteiger partial charge on any atom is 0.271 e. The third-order valence-corrected chi connectivity index (χ3v) is 5.01. The van der Waals surface area contributed by atoms with Gasteiger partial charge in [-0.05, 0) is 12.5 Å². The lowest BCUT2D eigenvalue weighted by Gasteiger charge is -2.27. The van der Waals surface area contributed by atoms with Crippen molar-refractivity contribution in [2.75, 3.05) is 4.90 Å². The molecule has 0 saturated carbocycles. The molecular weight excluding hydrogens is 300 g/mol. The predicted octanol–water partition coefficient (Wildman–Crippen LogP) is 1.82. The Kier molecular flexibility index (Phi) is 2.74. The van der Waals surface area contributed by atoms with Gasteiger partial charge in [0.2, 0.25) is 11.8 Å². The lowest BCUT2D eigenvalue weighted by atomic mass is 9.76. The topological polar surface area (TPSA) is 89.8 Å². The molecule has 3 aliphatic rings. The molecule has 7 heteroatoms. The molecule has 1 aromatic carbocycles. The minimum Gasteiger partial charge on any atom is -0.362 e. The number of carbonyl (C=O) groups is 2. The van der Waals surface area contributed by atoms with Crippen LogP contribution in [0.2, 0.25) is 0 Å². The fraction of sp³-hybridized carbons (Fsp3) is 0.375. The van der Waals surface area contributed by atoms with Crippen molar-refractivity contribution >= 4 is 23.2 Å². The van der Waals surface area contributed by atoms with Gasteiger partial charge in [0, 0.05) is 12.1 Å². The number of anilines is 1. The zero-order valence-corrected chi connectivity index (χ0v) is 12.3. The number of ether oxygens (including phenoxy) is 1. The Labute approximate surface area is 131 Å². The molecule has 1 aromatic rings. The summed E-state index contributed by atoms with van der Waals surface area (Å²) in [6.07, 6.45) is 3.93. The highest BCUT2D eigenvalue weighted by Crippen LogP contribution is 2.53. The van der Waals surface area contributed by atoms with Crippen molar-refractivity contribution in [3.05, 3.63) is 46.5 Å². The maximum atomic E-state index is 12.9. The van der Waals surface area contributed by atoms with E-state index in [0.717, 1.165) is 4.90 Å². The smallest absolute Gasteiger partial charge is 0.271 e. The van der Waals surface area contributed by atoms with Gasteiger partial charge in [-0.2, -0.15) is 0 Å². The predicted molar refractivity (Wildman–Crippen MR) is 79.6 cm³/mol. The highest BCUT2D eigenvalue weighted by atomic mass is 16.6. The van der Waals surface area contributed by atoms with Crippen molar-refractivity contribution in [3.8, 4) is 0 Å². The van der Waals surface area contributed by atoms with Gasteiger partial charge in [0.25, 0.3) is 5.69 Å². The van der Waals surface area contributed by atoms with E-state index in [1.807, 2.05) is 19.1 Å². The first kappa shape index (κ1) is 14.1. The Balaban J connectivity index is 1.76. The molecule has 3 heterocycles. The second kappa shape index (κ2) is 4.48. The first-order valence-corrected chi connectivity index (χ1v) is 7.48. The summed E-state index contributed by atoms with van der Waals surface area (Å²) < 4.78 is 5.88. The summed E-state index contributed by atoms with van der Waals surface area (Å²) in [5, 5.41) is 10.9. The molecule has 7 nitrogen and oxygen atoms in total. The Bertz CT molecular complexity index is 773. The fourth-order valence-electron chi connectivity index (χ4n) is 3.92. The van der Waals surface area contributed by atoms with Gasteiger partial charge in [-0.3, -0.25) is 19.7 Å². The molecule has 2 fully saturated rings. The number of non-ortho nitro benzene ring substituents is 1. The average molecular weight is 314 g/mol. The summed E-state index contributed by atoms with van der Waals surface area (Å²) in [5.41, 5.74) is -0.630. The van der Waals surface area contributed by atoms with E-state index in [4.69, 9.17) is 4.74 Å². The van der Waals surface area contributed by atoms with Crippen LogP contribution in [0.3, 0.4) is 0 Å². The van der Waals surface area contributed by atoms with E-state index in [0.29, 0.717) is 6.42 Å². The number of nitro groups is 1. The van der Waals surface area contributed by atoms with Crippen LogP contribution in [0, 0.1) is 22.0 Å². The van der Waals surface area contributed by atoms with E-state index in [1.54, 1.807) is 6.07 Å². The summed E-state index contributed by atoms with van der Waals surface area (Å²) in [6, 6.07) is 5.60. The molecule has 4 rings (SSSR count). The third-order valence-electron chi connectivity index (χ3n) is 5.01. The minimum absolute atomic E-state index is 0.150. The van der Waals surface area contributed by atoms with Crippen molar-refractivity contribution < 1.29 is 19.2 Å². The Hall–Kier alpha value is -2.54. The average Bonchev–Trinajstić information content (AvgIpc) is 3.18. The summed E-state index contributed by atoms with van der Waals surface area (Å²) in [7, 11) is 0. The van der Waals surface area contributed by atoms with Gasteiger partial charge in [0.05, 0.1) is 34.2 Å². The zero-order chi connectivity index (χ0) is 16.4. The number of carbonyl (C=O) groups excluding carboxylic acids is 2. The van der Waals surface area contributed by atoms with Gasteiger partial charge in [0.15, 0.2) is 0 Å². The van der Waals surface area contributed by atoms with Crippen LogP contribution in [-0.2, 0) is 14.3 Å². The van der Waals surface area contributed by atoms with Crippen LogP contribution >= 0.6 is 0 Å².